The fraction of sp³-hybridized carbons (Fsp3) is 0.182. The van der Waals surface area contributed by atoms with E-state index in [9.17, 15) is 13.2 Å². The third kappa shape index (κ3) is 2.56. The van der Waals surface area contributed by atoms with Crippen LogP contribution in [0, 0.1) is 0 Å². The first-order chi connectivity index (χ1) is 8.41. The van der Waals surface area contributed by atoms with E-state index < -0.39 is 11.7 Å². The zero-order valence-corrected chi connectivity index (χ0v) is 10.5. The van der Waals surface area contributed by atoms with Gasteiger partial charge in [-0.05, 0) is 40.2 Å². The Balaban J connectivity index is 2.34. The molecule has 0 aliphatic carbocycles. The molecule has 0 aliphatic rings. The van der Waals surface area contributed by atoms with Crippen molar-refractivity contribution in [1.29, 1.82) is 0 Å². The van der Waals surface area contributed by atoms with Gasteiger partial charge in [0, 0.05) is 6.20 Å². The highest BCUT2D eigenvalue weighted by molar-refractivity contribution is 9.10. The number of hydrogen-bond acceptors (Lipinski definition) is 2. The van der Waals surface area contributed by atoms with E-state index in [0.717, 1.165) is 12.1 Å². The zero-order valence-electron chi connectivity index (χ0n) is 8.95. The molecule has 96 valence electrons. The Labute approximate surface area is 109 Å². The van der Waals surface area contributed by atoms with Crippen LogP contribution in [-0.4, -0.2) is 14.9 Å². The van der Waals surface area contributed by atoms with E-state index >= 15 is 0 Å². The minimum Gasteiger partial charge on any atom is -0.390 e. The van der Waals surface area contributed by atoms with Crippen LogP contribution in [0.5, 0.6) is 0 Å². The van der Waals surface area contributed by atoms with Gasteiger partial charge in [0.1, 0.15) is 5.69 Å². The second-order valence-corrected chi connectivity index (χ2v) is 4.43. The minimum atomic E-state index is -4.35. The third-order valence-corrected chi connectivity index (χ3v) is 3.01. The Morgan fingerprint density at radius 2 is 1.83 bits per heavy atom. The summed E-state index contributed by atoms with van der Waals surface area (Å²) in [4.78, 5) is 0. The lowest BCUT2D eigenvalue weighted by Gasteiger charge is -2.07. The molecule has 1 N–H and O–H groups in total. The summed E-state index contributed by atoms with van der Waals surface area (Å²) >= 11 is 3.20. The van der Waals surface area contributed by atoms with Crippen LogP contribution in [0.15, 0.2) is 34.9 Å². The van der Waals surface area contributed by atoms with Crippen LogP contribution in [-0.2, 0) is 12.8 Å². The number of nitrogens with zero attached hydrogens (tertiary/aromatic N) is 2. The molecular formula is C11H8BrF3N2O. The lowest BCUT2D eigenvalue weighted by Crippen LogP contribution is -2.05. The first-order valence-electron chi connectivity index (χ1n) is 4.94. The van der Waals surface area contributed by atoms with Gasteiger partial charge in [0.15, 0.2) is 0 Å². The fourth-order valence-electron chi connectivity index (χ4n) is 1.43. The Kier molecular flexibility index (Phi) is 3.45. The van der Waals surface area contributed by atoms with Gasteiger partial charge in [-0.3, -0.25) is 0 Å². The van der Waals surface area contributed by atoms with Gasteiger partial charge in [-0.1, -0.05) is 0 Å². The summed E-state index contributed by atoms with van der Waals surface area (Å²) in [5.41, 5.74) is 0.207. The van der Waals surface area contributed by atoms with Gasteiger partial charge in [0.2, 0.25) is 0 Å². The molecule has 0 fully saturated rings. The summed E-state index contributed by atoms with van der Waals surface area (Å²) in [6, 6.07) is 4.62. The predicted octanol–water partition coefficient (Wildman–Crippen LogP) is 3.15. The average Bonchev–Trinajstić information content (AvgIpc) is 2.69. The molecule has 0 spiro atoms. The molecule has 1 heterocycles. The van der Waals surface area contributed by atoms with Crippen molar-refractivity contribution in [3.8, 4) is 5.69 Å². The van der Waals surface area contributed by atoms with E-state index in [1.165, 1.54) is 16.8 Å². The quantitative estimate of drug-likeness (QED) is 0.923. The molecule has 2 rings (SSSR count). The molecule has 0 saturated heterocycles. The molecule has 18 heavy (non-hydrogen) atoms. The Bertz CT molecular complexity index is 548. The highest BCUT2D eigenvalue weighted by Crippen LogP contribution is 2.29. The lowest BCUT2D eigenvalue weighted by molar-refractivity contribution is -0.137. The van der Waals surface area contributed by atoms with E-state index in [1.54, 1.807) is 6.20 Å². The average molecular weight is 321 g/mol. The van der Waals surface area contributed by atoms with Crippen molar-refractivity contribution in [2.45, 2.75) is 12.8 Å². The number of alkyl halides is 3. The van der Waals surface area contributed by atoms with Gasteiger partial charge >= 0.3 is 6.18 Å². The van der Waals surface area contributed by atoms with Gasteiger partial charge < -0.3 is 5.11 Å². The highest BCUT2D eigenvalue weighted by atomic mass is 79.9. The summed E-state index contributed by atoms with van der Waals surface area (Å²) < 4.78 is 39.1. The van der Waals surface area contributed by atoms with Gasteiger partial charge in [-0.2, -0.15) is 18.3 Å². The number of aliphatic hydroxyl groups excluding tert-OH is 1. The highest BCUT2D eigenvalue weighted by Gasteiger charge is 2.30. The van der Waals surface area contributed by atoms with Crippen molar-refractivity contribution in [2.75, 3.05) is 0 Å². The van der Waals surface area contributed by atoms with Crippen LogP contribution in [0.4, 0.5) is 13.2 Å². The third-order valence-electron chi connectivity index (χ3n) is 2.35. The molecule has 1 aromatic carbocycles. The van der Waals surface area contributed by atoms with Gasteiger partial charge in [0.25, 0.3) is 0 Å². The maximum absolute atomic E-state index is 12.4. The fourth-order valence-corrected chi connectivity index (χ4v) is 1.83. The van der Waals surface area contributed by atoms with E-state index in [1.807, 2.05) is 0 Å². The number of aliphatic hydroxyl groups is 1. The number of halogens is 4. The van der Waals surface area contributed by atoms with E-state index in [0.29, 0.717) is 15.9 Å². The normalized spacial score (nSPS) is 11.8. The van der Waals surface area contributed by atoms with Crippen molar-refractivity contribution in [3.05, 3.63) is 46.2 Å². The van der Waals surface area contributed by atoms with E-state index in [-0.39, 0.29) is 6.61 Å². The first-order valence-corrected chi connectivity index (χ1v) is 5.73. The van der Waals surface area contributed by atoms with Gasteiger partial charge in [-0.25, -0.2) is 4.68 Å². The number of rotatable bonds is 2. The summed E-state index contributed by atoms with van der Waals surface area (Å²) in [5, 5.41) is 13.0. The van der Waals surface area contributed by atoms with Crippen LogP contribution in [0.2, 0.25) is 0 Å². The summed E-state index contributed by atoms with van der Waals surface area (Å²) in [6.07, 6.45) is -2.77. The monoisotopic (exact) mass is 320 g/mol. The van der Waals surface area contributed by atoms with Gasteiger partial charge in [0.05, 0.1) is 22.3 Å². The van der Waals surface area contributed by atoms with Crippen LogP contribution in [0.1, 0.15) is 11.3 Å². The molecule has 0 bridgehead atoms. The smallest absolute Gasteiger partial charge is 0.390 e. The number of aromatic nitrogens is 2. The molecule has 0 saturated carbocycles. The lowest BCUT2D eigenvalue weighted by atomic mass is 10.2. The zero-order chi connectivity index (χ0) is 13.3. The van der Waals surface area contributed by atoms with Crippen molar-refractivity contribution >= 4 is 15.9 Å². The first kappa shape index (κ1) is 13.1. The van der Waals surface area contributed by atoms with Crippen LogP contribution in [0.25, 0.3) is 5.69 Å². The van der Waals surface area contributed by atoms with Crippen molar-refractivity contribution in [2.24, 2.45) is 0 Å². The Morgan fingerprint density at radius 1 is 1.22 bits per heavy atom. The minimum absolute atomic E-state index is 0.242. The van der Waals surface area contributed by atoms with Gasteiger partial charge in [-0.15, -0.1) is 0 Å². The Hall–Kier alpha value is -1.34. The van der Waals surface area contributed by atoms with Crippen molar-refractivity contribution in [1.82, 2.24) is 9.78 Å². The summed E-state index contributed by atoms with van der Waals surface area (Å²) in [5.74, 6) is 0. The Morgan fingerprint density at radius 3 is 2.28 bits per heavy atom. The maximum Gasteiger partial charge on any atom is 0.416 e. The summed E-state index contributed by atoms with van der Waals surface area (Å²) in [6.45, 7) is -0.242. The topological polar surface area (TPSA) is 38.1 Å². The molecule has 0 unspecified atom stereocenters. The van der Waals surface area contributed by atoms with E-state index in [2.05, 4.69) is 21.0 Å². The van der Waals surface area contributed by atoms with Crippen molar-refractivity contribution < 1.29 is 18.3 Å². The van der Waals surface area contributed by atoms with Crippen LogP contribution >= 0.6 is 15.9 Å². The number of benzene rings is 1. The summed E-state index contributed by atoms with van der Waals surface area (Å²) in [7, 11) is 0. The standard InChI is InChI=1S/C11H8BrF3N2O/c12-9-5-17(16-10(9)6-18)8-3-1-7(2-4-8)11(13,14)15/h1-5,18H,6H2. The molecule has 0 radical (unpaired) electrons. The largest absolute Gasteiger partial charge is 0.416 e. The van der Waals surface area contributed by atoms with Crippen LogP contribution < -0.4 is 0 Å². The predicted molar refractivity (Wildman–Crippen MR) is 62.2 cm³/mol. The second-order valence-electron chi connectivity index (χ2n) is 3.57. The molecule has 0 aliphatic heterocycles. The van der Waals surface area contributed by atoms with E-state index in [4.69, 9.17) is 5.11 Å². The molecule has 0 amide bonds. The number of hydrogen-bond donors (Lipinski definition) is 1. The molecule has 7 heteroatoms. The maximum atomic E-state index is 12.4. The molecule has 1 aromatic heterocycles. The second kappa shape index (κ2) is 4.74. The molecule has 2 aromatic rings. The van der Waals surface area contributed by atoms with Crippen molar-refractivity contribution in [3.63, 3.8) is 0 Å². The molecular weight excluding hydrogens is 313 g/mol. The van der Waals surface area contributed by atoms with Crippen LogP contribution in [0.3, 0.4) is 0 Å². The SMILES string of the molecule is OCc1nn(-c2ccc(C(F)(F)F)cc2)cc1Br. The molecule has 0 atom stereocenters. The molecule has 3 nitrogen and oxygen atoms in total.